The van der Waals surface area contributed by atoms with Crippen molar-refractivity contribution in [3.05, 3.63) is 34.9 Å². The first-order chi connectivity index (χ1) is 6.74. The third-order valence-electron chi connectivity index (χ3n) is 2.53. The summed E-state index contributed by atoms with van der Waals surface area (Å²) in [5.41, 5.74) is 4.17. The average molecular weight is 191 g/mol. The molecule has 1 aromatic rings. The van der Waals surface area contributed by atoms with Crippen LogP contribution in [0.5, 0.6) is 0 Å². The monoisotopic (exact) mass is 191 g/mol. The Bertz CT molecular complexity index is 279. The molecule has 1 nitrogen and oxygen atoms in total. The number of nitrogens with one attached hydrogen (secondary N) is 1. The largest absolute Gasteiger partial charge is 0.313 e. The topological polar surface area (TPSA) is 12.0 Å². The molecule has 0 aliphatic heterocycles. The second-order valence-electron chi connectivity index (χ2n) is 3.96. The number of hydrogen-bond donors (Lipinski definition) is 1. The summed E-state index contributed by atoms with van der Waals surface area (Å²) in [4.78, 5) is 0. The van der Waals surface area contributed by atoms with Crippen molar-refractivity contribution in [2.45, 2.75) is 40.2 Å². The highest BCUT2D eigenvalue weighted by Crippen LogP contribution is 2.09. The van der Waals surface area contributed by atoms with E-state index in [2.05, 4.69) is 44.3 Å². The van der Waals surface area contributed by atoms with Gasteiger partial charge in [0.25, 0.3) is 0 Å². The number of rotatable bonds is 5. The van der Waals surface area contributed by atoms with Gasteiger partial charge in [-0.05, 0) is 37.9 Å². The van der Waals surface area contributed by atoms with Crippen LogP contribution in [0.25, 0.3) is 0 Å². The molecule has 0 fully saturated rings. The van der Waals surface area contributed by atoms with Crippen LogP contribution in [-0.2, 0) is 6.54 Å². The second kappa shape index (κ2) is 5.82. The minimum atomic E-state index is 1.01. The van der Waals surface area contributed by atoms with Crippen molar-refractivity contribution in [2.75, 3.05) is 6.54 Å². The van der Waals surface area contributed by atoms with Gasteiger partial charge >= 0.3 is 0 Å². The Morgan fingerprint density at radius 1 is 1.21 bits per heavy atom. The Labute approximate surface area is 87.5 Å². The van der Waals surface area contributed by atoms with Crippen LogP contribution in [0.1, 0.15) is 36.5 Å². The molecule has 0 aliphatic carbocycles. The molecule has 0 saturated heterocycles. The molecule has 1 rings (SSSR count). The first kappa shape index (κ1) is 11.3. The zero-order valence-corrected chi connectivity index (χ0v) is 9.56. The van der Waals surface area contributed by atoms with Crippen molar-refractivity contribution >= 4 is 0 Å². The molecule has 0 unspecified atom stereocenters. The van der Waals surface area contributed by atoms with E-state index in [0.717, 1.165) is 13.1 Å². The van der Waals surface area contributed by atoms with Crippen molar-refractivity contribution in [1.82, 2.24) is 5.32 Å². The van der Waals surface area contributed by atoms with Gasteiger partial charge < -0.3 is 5.32 Å². The summed E-state index contributed by atoms with van der Waals surface area (Å²) in [7, 11) is 0. The van der Waals surface area contributed by atoms with Gasteiger partial charge in [-0.3, -0.25) is 0 Å². The summed E-state index contributed by atoms with van der Waals surface area (Å²) in [6.45, 7) is 8.68. The molecule has 0 aliphatic rings. The van der Waals surface area contributed by atoms with E-state index in [0.29, 0.717) is 0 Å². The quantitative estimate of drug-likeness (QED) is 0.705. The molecular formula is C13H21N. The molecule has 0 spiro atoms. The van der Waals surface area contributed by atoms with E-state index in [4.69, 9.17) is 0 Å². The highest BCUT2D eigenvalue weighted by atomic mass is 14.8. The summed E-state index contributed by atoms with van der Waals surface area (Å²) in [5, 5.41) is 3.47. The van der Waals surface area contributed by atoms with Crippen molar-refractivity contribution < 1.29 is 0 Å². The molecular weight excluding hydrogens is 170 g/mol. The summed E-state index contributed by atoms with van der Waals surface area (Å²) in [5.74, 6) is 0. The fraction of sp³-hybridized carbons (Fsp3) is 0.538. The van der Waals surface area contributed by atoms with Gasteiger partial charge in [0.1, 0.15) is 0 Å². The normalized spacial score (nSPS) is 10.5. The van der Waals surface area contributed by atoms with E-state index in [1.54, 1.807) is 0 Å². The Kier molecular flexibility index (Phi) is 4.68. The van der Waals surface area contributed by atoms with Crippen LogP contribution in [0.15, 0.2) is 18.2 Å². The lowest BCUT2D eigenvalue weighted by molar-refractivity contribution is 0.639. The van der Waals surface area contributed by atoms with Gasteiger partial charge in [0.2, 0.25) is 0 Å². The molecule has 0 saturated carbocycles. The van der Waals surface area contributed by atoms with E-state index in [9.17, 15) is 0 Å². The van der Waals surface area contributed by atoms with Crippen molar-refractivity contribution in [1.29, 1.82) is 0 Å². The fourth-order valence-corrected chi connectivity index (χ4v) is 1.52. The van der Waals surface area contributed by atoms with Gasteiger partial charge in [-0.2, -0.15) is 0 Å². The second-order valence-corrected chi connectivity index (χ2v) is 3.96. The van der Waals surface area contributed by atoms with E-state index in [1.807, 2.05) is 0 Å². The Morgan fingerprint density at radius 2 is 2.00 bits per heavy atom. The molecule has 0 amide bonds. The summed E-state index contributed by atoms with van der Waals surface area (Å²) in [6, 6.07) is 6.64. The molecule has 0 bridgehead atoms. The number of hydrogen-bond acceptors (Lipinski definition) is 1. The zero-order valence-electron chi connectivity index (χ0n) is 9.56. The van der Waals surface area contributed by atoms with Crippen LogP contribution >= 0.6 is 0 Å². The SMILES string of the molecule is CCCCNCc1cc(C)ccc1C. The highest BCUT2D eigenvalue weighted by Gasteiger charge is 1.97. The molecule has 0 aromatic heterocycles. The smallest absolute Gasteiger partial charge is 0.0208 e. The molecule has 78 valence electrons. The molecule has 0 atom stereocenters. The van der Waals surface area contributed by atoms with Crippen LogP contribution in [-0.4, -0.2) is 6.54 Å². The first-order valence-electron chi connectivity index (χ1n) is 5.51. The van der Waals surface area contributed by atoms with Gasteiger partial charge in [-0.15, -0.1) is 0 Å². The lowest BCUT2D eigenvalue weighted by atomic mass is 10.1. The molecule has 0 radical (unpaired) electrons. The van der Waals surface area contributed by atoms with E-state index < -0.39 is 0 Å². The van der Waals surface area contributed by atoms with Gasteiger partial charge in [0.05, 0.1) is 0 Å². The van der Waals surface area contributed by atoms with Crippen molar-refractivity contribution in [3.63, 3.8) is 0 Å². The Hall–Kier alpha value is -0.820. The summed E-state index contributed by atoms with van der Waals surface area (Å²) >= 11 is 0. The van der Waals surface area contributed by atoms with Crippen LogP contribution < -0.4 is 5.32 Å². The number of unbranched alkanes of at least 4 members (excludes halogenated alkanes) is 1. The minimum Gasteiger partial charge on any atom is -0.313 e. The van der Waals surface area contributed by atoms with Crippen molar-refractivity contribution in [3.8, 4) is 0 Å². The van der Waals surface area contributed by atoms with Crippen LogP contribution in [0, 0.1) is 13.8 Å². The van der Waals surface area contributed by atoms with E-state index in [-0.39, 0.29) is 0 Å². The first-order valence-corrected chi connectivity index (χ1v) is 5.51. The predicted octanol–water partition coefficient (Wildman–Crippen LogP) is 3.19. The lowest BCUT2D eigenvalue weighted by Gasteiger charge is -2.08. The van der Waals surface area contributed by atoms with Crippen LogP contribution in [0.4, 0.5) is 0 Å². The third kappa shape index (κ3) is 3.51. The average Bonchev–Trinajstić information content (AvgIpc) is 2.18. The fourth-order valence-electron chi connectivity index (χ4n) is 1.52. The van der Waals surface area contributed by atoms with E-state index >= 15 is 0 Å². The molecule has 14 heavy (non-hydrogen) atoms. The van der Waals surface area contributed by atoms with Crippen LogP contribution in [0.3, 0.4) is 0 Å². The summed E-state index contributed by atoms with van der Waals surface area (Å²) < 4.78 is 0. The van der Waals surface area contributed by atoms with Gasteiger partial charge in [-0.1, -0.05) is 37.1 Å². The van der Waals surface area contributed by atoms with Crippen molar-refractivity contribution in [2.24, 2.45) is 0 Å². The highest BCUT2D eigenvalue weighted by molar-refractivity contribution is 5.30. The molecule has 1 heteroatoms. The number of aryl methyl sites for hydroxylation is 2. The standard InChI is InChI=1S/C13H21N/c1-4-5-8-14-10-13-9-11(2)6-7-12(13)3/h6-7,9,14H,4-5,8,10H2,1-3H3. The zero-order chi connectivity index (χ0) is 10.4. The van der Waals surface area contributed by atoms with Gasteiger partial charge in [0.15, 0.2) is 0 Å². The van der Waals surface area contributed by atoms with Gasteiger partial charge in [-0.25, -0.2) is 0 Å². The maximum Gasteiger partial charge on any atom is 0.0208 e. The maximum absolute atomic E-state index is 3.47. The molecule has 1 aromatic carbocycles. The Balaban J connectivity index is 2.45. The molecule has 0 heterocycles. The predicted molar refractivity (Wildman–Crippen MR) is 62.5 cm³/mol. The minimum absolute atomic E-state index is 1.01. The lowest BCUT2D eigenvalue weighted by Crippen LogP contribution is -2.15. The summed E-state index contributed by atoms with van der Waals surface area (Å²) in [6.07, 6.45) is 2.53. The third-order valence-corrected chi connectivity index (χ3v) is 2.53. The molecule has 1 N–H and O–H groups in total. The van der Waals surface area contributed by atoms with E-state index in [1.165, 1.54) is 29.5 Å². The van der Waals surface area contributed by atoms with Crippen LogP contribution in [0.2, 0.25) is 0 Å². The maximum atomic E-state index is 3.47. The Morgan fingerprint density at radius 3 is 2.71 bits per heavy atom. The van der Waals surface area contributed by atoms with Gasteiger partial charge in [0, 0.05) is 6.54 Å². The number of benzene rings is 1.